The van der Waals surface area contributed by atoms with Crippen molar-refractivity contribution in [1.29, 1.82) is 0 Å². The Morgan fingerprint density at radius 1 is 1.32 bits per heavy atom. The number of carbonyl (C=O) groups excluding carboxylic acids is 1. The SMILES string of the molecule is CCCCOc1cc(C(=O)OCCN(CC)N=O)ccc1N. The van der Waals surface area contributed by atoms with Gasteiger partial charge in [-0.25, -0.2) is 4.79 Å². The predicted molar refractivity (Wildman–Crippen MR) is 84.6 cm³/mol. The van der Waals surface area contributed by atoms with Gasteiger partial charge in [0, 0.05) is 6.54 Å². The van der Waals surface area contributed by atoms with E-state index >= 15 is 0 Å². The first-order chi connectivity index (χ1) is 10.6. The summed E-state index contributed by atoms with van der Waals surface area (Å²) in [5.41, 5.74) is 6.66. The van der Waals surface area contributed by atoms with Gasteiger partial charge in [0.25, 0.3) is 0 Å². The van der Waals surface area contributed by atoms with E-state index in [0.29, 0.717) is 30.2 Å². The van der Waals surface area contributed by atoms with Crippen LogP contribution in [0.1, 0.15) is 37.0 Å². The first-order valence-electron chi connectivity index (χ1n) is 7.40. The lowest BCUT2D eigenvalue weighted by molar-refractivity contribution is 0.0464. The quantitative estimate of drug-likeness (QED) is 0.235. The first-order valence-corrected chi connectivity index (χ1v) is 7.40. The van der Waals surface area contributed by atoms with Crippen molar-refractivity contribution in [3.63, 3.8) is 0 Å². The van der Waals surface area contributed by atoms with Crippen LogP contribution >= 0.6 is 0 Å². The van der Waals surface area contributed by atoms with Gasteiger partial charge in [-0.05, 0) is 31.5 Å². The molecule has 0 heterocycles. The van der Waals surface area contributed by atoms with Crippen molar-refractivity contribution in [2.45, 2.75) is 26.7 Å². The summed E-state index contributed by atoms with van der Waals surface area (Å²) in [5.74, 6) is -0.00469. The van der Waals surface area contributed by atoms with Gasteiger partial charge in [-0.15, -0.1) is 4.91 Å². The summed E-state index contributed by atoms with van der Waals surface area (Å²) in [6.07, 6.45) is 1.93. The fraction of sp³-hybridized carbons (Fsp3) is 0.533. The molecule has 0 aliphatic rings. The monoisotopic (exact) mass is 309 g/mol. The van der Waals surface area contributed by atoms with Crippen molar-refractivity contribution in [3.8, 4) is 5.75 Å². The molecule has 0 aliphatic heterocycles. The van der Waals surface area contributed by atoms with Crippen LogP contribution < -0.4 is 10.5 Å². The number of likely N-dealkylation sites (N-methyl/N-ethyl adjacent to an activating group) is 1. The van der Waals surface area contributed by atoms with Crippen LogP contribution in [0.4, 0.5) is 5.69 Å². The Balaban J connectivity index is 2.57. The van der Waals surface area contributed by atoms with Crippen LogP contribution in [0.2, 0.25) is 0 Å². The van der Waals surface area contributed by atoms with Gasteiger partial charge in [-0.1, -0.05) is 13.3 Å². The van der Waals surface area contributed by atoms with Gasteiger partial charge in [0.05, 0.1) is 29.7 Å². The van der Waals surface area contributed by atoms with E-state index in [9.17, 15) is 9.70 Å². The normalized spacial score (nSPS) is 10.1. The van der Waals surface area contributed by atoms with E-state index in [1.807, 2.05) is 0 Å². The van der Waals surface area contributed by atoms with Crippen LogP contribution in [0.5, 0.6) is 5.75 Å². The number of hydrogen-bond donors (Lipinski definition) is 1. The fourth-order valence-electron chi connectivity index (χ4n) is 1.70. The van der Waals surface area contributed by atoms with Crippen LogP contribution in [-0.4, -0.2) is 37.3 Å². The second kappa shape index (κ2) is 9.59. The molecule has 0 aromatic heterocycles. The smallest absolute Gasteiger partial charge is 0.338 e. The molecular formula is C15H23N3O4. The Morgan fingerprint density at radius 2 is 2.09 bits per heavy atom. The number of carbonyl (C=O) groups is 1. The Hall–Kier alpha value is -2.31. The van der Waals surface area contributed by atoms with Gasteiger partial charge < -0.3 is 15.2 Å². The number of nitrogens with zero attached hydrogens (tertiary/aromatic N) is 2. The topological polar surface area (TPSA) is 94.2 Å². The molecule has 22 heavy (non-hydrogen) atoms. The summed E-state index contributed by atoms with van der Waals surface area (Å²) in [6, 6.07) is 4.77. The minimum atomic E-state index is -0.484. The molecule has 0 unspecified atom stereocenters. The molecule has 7 heteroatoms. The van der Waals surface area contributed by atoms with E-state index in [-0.39, 0.29) is 13.2 Å². The van der Waals surface area contributed by atoms with E-state index in [2.05, 4.69) is 12.2 Å². The number of hydrogen-bond acceptors (Lipinski definition) is 6. The molecule has 0 aliphatic carbocycles. The van der Waals surface area contributed by atoms with Gasteiger partial charge in [0.2, 0.25) is 0 Å². The van der Waals surface area contributed by atoms with E-state index in [1.165, 1.54) is 5.01 Å². The molecule has 0 atom stereocenters. The van der Waals surface area contributed by atoms with Crippen molar-refractivity contribution < 1.29 is 14.3 Å². The minimum absolute atomic E-state index is 0.0921. The summed E-state index contributed by atoms with van der Waals surface area (Å²) < 4.78 is 10.7. The molecule has 1 aromatic rings. The highest BCUT2D eigenvalue weighted by Crippen LogP contribution is 2.23. The van der Waals surface area contributed by atoms with Gasteiger partial charge in [0.1, 0.15) is 12.4 Å². The summed E-state index contributed by atoms with van der Waals surface area (Å²) in [6.45, 7) is 5.24. The highest BCUT2D eigenvalue weighted by atomic mass is 16.5. The van der Waals surface area contributed by atoms with Crippen molar-refractivity contribution in [2.75, 3.05) is 32.0 Å². The molecule has 2 N–H and O–H groups in total. The maximum atomic E-state index is 12.0. The lowest BCUT2D eigenvalue weighted by Gasteiger charge is -2.13. The van der Waals surface area contributed by atoms with Gasteiger partial charge in [0.15, 0.2) is 0 Å². The Labute approximate surface area is 130 Å². The molecule has 1 aromatic carbocycles. The van der Waals surface area contributed by atoms with Crippen molar-refractivity contribution in [2.24, 2.45) is 5.29 Å². The number of anilines is 1. The van der Waals surface area contributed by atoms with E-state index in [1.54, 1.807) is 25.1 Å². The second-order valence-electron chi connectivity index (χ2n) is 4.72. The molecule has 0 saturated heterocycles. The molecule has 0 bridgehead atoms. The molecule has 0 fully saturated rings. The van der Waals surface area contributed by atoms with Gasteiger partial charge >= 0.3 is 5.97 Å². The van der Waals surface area contributed by atoms with Crippen LogP contribution in [0.25, 0.3) is 0 Å². The maximum Gasteiger partial charge on any atom is 0.338 e. The zero-order valence-electron chi connectivity index (χ0n) is 13.1. The summed E-state index contributed by atoms with van der Waals surface area (Å²) in [5, 5.41) is 4.07. The zero-order valence-corrected chi connectivity index (χ0v) is 13.1. The van der Waals surface area contributed by atoms with E-state index in [0.717, 1.165) is 12.8 Å². The largest absolute Gasteiger partial charge is 0.491 e. The molecule has 1 rings (SSSR count). The predicted octanol–water partition coefficient (Wildman–Crippen LogP) is 2.61. The lowest BCUT2D eigenvalue weighted by Crippen LogP contribution is -2.22. The first kappa shape index (κ1) is 17.7. The summed E-state index contributed by atoms with van der Waals surface area (Å²) in [4.78, 5) is 22.3. The standard InChI is InChI=1S/C15H23N3O4/c1-3-5-9-21-14-11-12(6-7-13(14)16)15(19)22-10-8-18(4-2)17-20/h6-7,11H,3-5,8-10,16H2,1-2H3. The van der Waals surface area contributed by atoms with Crippen LogP contribution in [0, 0.1) is 4.91 Å². The van der Waals surface area contributed by atoms with Crippen LogP contribution in [-0.2, 0) is 4.74 Å². The lowest BCUT2D eigenvalue weighted by atomic mass is 10.2. The third-order valence-corrected chi connectivity index (χ3v) is 3.07. The molecule has 0 radical (unpaired) electrons. The molecule has 122 valence electrons. The number of esters is 1. The maximum absolute atomic E-state index is 12.0. The third-order valence-electron chi connectivity index (χ3n) is 3.07. The molecule has 0 saturated carbocycles. The number of benzene rings is 1. The van der Waals surface area contributed by atoms with Crippen molar-refractivity contribution in [3.05, 3.63) is 28.7 Å². The van der Waals surface area contributed by atoms with E-state index < -0.39 is 5.97 Å². The number of nitrogens with two attached hydrogens (primary N) is 1. The Kier molecular flexibility index (Phi) is 7.74. The van der Waals surface area contributed by atoms with Crippen LogP contribution in [0.3, 0.4) is 0 Å². The average molecular weight is 309 g/mol. The summed E-state index contributed by atoms with van der Waals surface area (Å²) >= 11 is 0. The fourth-order valence-corrected chi connectivity index (χ4v) is 1.70. The third kappa shape index (κ3) is 5.59. The van der Waals surface area contributed by atoms with E-state index in [4.69, 9.17) is 15.2 Å². The number of unbranched alkanes of at least 4 members (excludes halogenated alkanes) is 1. The minimum Gasteiger partial charge on any atom is -0.491 e. The number of ether oxygens (including phenoxy) is 2. The average Bonchev–Trinajstić information content (AvgIpc) is 2.53. The van der Waals surface area contributed by atoms with Gasteiger partial charge in [-0.3, -0.25) is 5.01 Å². The molecular weight excluding hydrogens is 286 g/mol. The second-order valence-corrected chi connectivity index (χ2v) is 4.72. The number of nitroso groups, excluding NO2 is 1. The number of nitrogen functional groups attached to an aromatic ring is 1. The molecule has 0 amide bonds. The Morgan fingerprint density at radius 3 is 2.73 bits per heavy atom. The Bertz CT molecular complexity index is 494. The molecule has 0 spiro atoms. The van der Waals surface area contributed by atoms with Crippen molar-refractivity contribution >= 4 is 11.7 Å². The van der Waals surface area contributed by atoms with Crippen LogP contribution in [0.15, 0.2) is 23.5 Å². The summed E-state index contributed by atoms with van der Waals surface area (Å²) in [7, 11) is 0. The number of rotatable bonds is 10. The highest BCUT2D eigenvalue weighted by molar-refractivity contribution is 5.90. The zero-order chi connectivity index (χ0) is 16.4. The molecule has 7 nitrogen and oxygen atoms in total. The highest BCUT2D eigenvalue weighted by Gasteiger charge is 2.11. The van der Waals surface area contributed by atoms with Gasteiger partial charge in [-0.2, -0.15) is 0 Å². The van der Waals surface area contributed by atoms with Crippen molar-refractivity contribution in [1.82, 2.24) is 5.01 Å².